The monoisotopic (exact) mass is 487 g/mol. The molecule has 4 aromatic rings. The van der Waals surface area contributed by atoms with Crippen molar-refractivity contribution in [2.24, 2.45) is 0 Å². The zero-order valence-electron chi connectivity index (χ0n) is 17.9. The molecule has 1 saturated carbocycles. The number of rotatable bonds is 7. The van der Waals surface area contributed by atoms with Crippen molar-refractivity contribution in [1.82, 2.24) is 29.7 Å². The van der Waals surface area contributed by atoms with Gasteiger partial charge < -0.3 is 10.2 Å². The summed E-state index contributed by atoms with van der Waals surface area (Å²) >= 11 is 3.14. The van der Waals surface area contributed by atoms with Crippen LogP contribution < -0.4 is 5.32 Å². The van der Waals surface area contributed by atoms with Crippen LogP contribution in [0, 0.1) is 0 Å². The predicted molar refractivity (Wildman–Crippen MR) is 126 cm³/mol. The number of hydrogen-bond acceptors (Lipinski definition) is 8. The van der Waals surface area contributed by atoms with Crippen LogP contribution in [0.5, 0.6) is 0 Å². The number of halogens is 2. The average Bonchev–Trinajstić information content (AvgIpc) is 3.47. The number of piperidine rings is 1. The molecule has 3 aromatic heterocycles. The van der Waals surface area contributed by atoms with Crippen LogP contribution >= 0.6 is 23.1 Å². The Bertz CT molecular complexity index is 1290. The topological polar surface area (TPSA) is 71.2 Å². The van der Waals surface area contributed by atoms with Crippen LogP contribution in [0.4, 0.5) is 13.9 Å². The van der Waals surface area contributed by atoms with Gasteiger partial charge in [0.25, 0.3) is 5.92 Å². The van der Waals surface area contributed by atoms with Crippen molar-refractivity contribution in [1.29, 1.82) is 0 Å². The van der Waals surface area contributed by atoms with Gasteiger partial charge in [0.2, 0.25) is 5.16 Å². The number of benzene rings is 1. The molecule has 33 heavy (non-hydrogen) atoms. The van der Waals surface area contributed by atoms with E-state index in [4.69, 9.17) is 5.10 Å². The molecule has 0 spiro atoms. The molecule has 0 bridgehead atoms. The van der Waals surface area contributed by atoms with Crippen LogP contribution in [0.1, 0.15) is 37.3 Å². The van der Waals surface area contributed by atoms with E-state index in [1.807, 2.05) is 22.7 Å². The van der Waals surface area contributed by atoms with Gasteiger partial charge in [-0.1, -0.05) is 11.3 Å². The van der Waals surface area contributed by atoms with Crippen molar-refractivity contribution in [3.63, 3.8) is 0 Å². The Balaban J connectivity index is 1.11. The lowest BCUT2D eigenvalue weighted by Gasteiger charge is -2.31. The van der Waals surface area contributed by atoms with Gasteiger partial charge in [0.1, 0.15) is 0 Å². The number of nitrogens with one attached hydrogen (secondary N) is 1. The SMILES string of the molecule is FC1(F)CCN(CCNc2nc3ccc(Sc4nnc5ccc(C6CC6)nn45)cc3s2)CC1. The second-order valence-corrected chi connectivity index (χ2v) is 10.7. The van der Waals surface area contributed by atoms with Gasteiger partial charge in [-0.2, -0.15) is 9.61 Å². The molecule has 0 unspecified atom stereocenters. The molecule has 7 nitrogen and oxygen atoms in total. The van der Waals surface area contributed by atoms with E-state index in [1.54, 1.807) is 23.1 Å². The van der Waals surface area contributed by atoms with Crippen molar-refractivity contribution < 1.29 is 8.78 Å². The number of likely N-dealkylation sites (tertiary alicyclic amines) is 1. The highest BCUT2D eigenvalue weighted by molar-refractivity contribution is 7.99. The summed E-state index contributed by atoms with van der Waals surface area (Å²) in [5, 5.41) is 18.3. The molecule has 1 N–H and O–H groups in total. The number of anilines is 1. The van der Waals surface area contributed by atoms with Crippen LogP contribution in [-0.2, 0) is 0 Å². The lowest BCUT2D eigenvalue weighted by Crippen LogP contribution is -2.41. The molecule has 1 aromatic carbocycles. The van der Waals surface area contributed by atoms with E-state index in [1.165, 1.54) is 12.8 Å². The Kier molecular flexibility index (Phi) is 5.42. The Morgan fingerprint density at radius 3 is 2.79 bits per heavy atom. The fourth-order valence-electron chi connectivity index (χ4n) is 4.02. The maximum absolute atomic E-state index is 13.3. The van der Waals surface area contributed by atoms with Gasteiger partial charge in [-0.05, 0) is 54.9 Å². The Hall–Kier alpha value is -2.37. The van der Waals surface area contributed by atoms with Crippen molar-refractivity contribution in [2.75, 3.05) is 31.5 Å². The molecule has 0 atom stereocenters. The number of fused-ring (bicyclic) bond motifs is 2. The molecule has 2 fully saturated rings. The van der Waals surface area contributed by atoms with Gasteiger partial charge >= 0.3 is 0 Å². The summed E-state index contributed by atoms with van der Waals surface area (Å²) in [6, 6.07) is 10.2. The van der Waals surface area contributed by atoms with Gasteiger partial charge in [0, 0.05) is 49.8 Å². The first-order valence-corrected chi connectivity index (χ1v) is 12.8. The highest BCUT2D eigenvalue weighted by atomic mass is 32.2. The lowest BCUT2D eigenvalue weighted by atomic mass is 10.1. The van der Waals surface area contributed by atoms with E-state index in [9.17, 15) is 8.78 Å². The van der Waals surface area contributed by atoms with Crippen molar-refractivity contribution in [3.05, 3.63) is 36.0 Å². The Morgan fingerprint density at radius 1 is 1.12 bits per heavy atom. The molecule has 1 saturated heterocycles. The maximum atomic E-state index is 13.3. The summed E-state index contributed by atoms with van der Waals surface area (Å²) in [4.78, 5) is 7.80. The Morgan fingerprint density at radius 2 is 1.97 bits per heavy atom. The quantitative estimate of drug-likeness (QED) is 0.397. The summed E-state index contributed by atoms with van der Waals surface area (Å²) in [7, 11) is 0. The summed E-state index contributed by atoms with van der Waals surface area (Å²) < 4.78 is 29.5. The first-order valence-electron chi connectivity index (χ1n) is 11.2. The third-order valence-electron chi connectivity index (χ3n) is 6.11. The first kappa shape index (κ1) is 21.2. The van der Waals surface area contributed by atoms with Crippen molar-refractivity contribution in [2.45, 2.75) is 47.6 Å². The summed E-state index contributed by atoms with van der Waals surface area (Å²) in [6.45, 7) is 2.32. The minimum absolute atomic E-state index is 0.0483. The number of hydrogen-bond donors (Lipinski definition) is 1. The van der Waals surface area contributed by atoms with Crippen LogP contribution in [0.2, 0.25) is 0 Å². The standard InChI is InChI=1S/C22H23F2N7S2/c23-22(24)7-10-30(11-8-22)12-9-25-20-26-17-4-3-15(13-18(17)33-20)32-21-28-27-19-6-5-16(14-1-2-14)29-31(19)21/h3-6,13-14H,1-2,7-12H2,(H,25,26). The molecule has 1 aliphatic heterocycles. The van der Waals surface area contributed by atoms with E-state index in [-0.39, 0.29) is 12.8 Å². The largest absolute Gasteiger partial charge is 0.360 e. The smallest absolute Gasteiger partial charge is 0.250 e. The fourth-order valence-corrected chi connectivity index (χ4v) is 5.85. The van der Waals surface area contributed by atoms with Gasteiger partial charge in [-0.15, -0.1) is 10.2 Å². The lowest BCUT2D eigenvalue weighted by molar-refractivity contribution is -0.0543. The second kappa shape index (κ2) is 8.44. The zero-order chi connectivity index (χ0) is 22.4. The van der Waals surface area contributed by atoms with E-state index < -0.39 is 5.92 Å². The molecule has 2 aliphatic rings. The van der Waals surface area contributed by atoms with Crippen LogP contribution in [-0.4, -0.2) is 61.8 Å². The summed E-state index contributed by atoms with van der Waals surface area (Å²) in [5.41, 5.74) is 2.80. The fraction of sp³-hybridized carbons (Fsp3) is 0.455. The molecular weight excluding hydrogens is 464 g/mol. The molecule has 11 heteroatoms. The van der Waals surface area contributed by atoms with E-state index in [0.717, 1.165) is 43.3 Å². The molecule has 0 radical (unpaired) electrons. The number of alkyl halides is 2. The zero-order valence-corrected chi connectivity index (χ0v) is 19.5. The first-order chi connectivity index (χ1) is 16.0. The van der Waals surface area contributed by atoms with Crippen LogP contribution in [0.25, 0.3) is 15.9 Å². The van der Waals surface area contributed by atoms with E-state index in [0.29, 0.717) is 25.6 Å². The predicted octanol–water partition coefficient (Wildman–Crippen LogP) is 4.91. The summed E-state index contributed by atoms with van der Waals surface area (Å²) in [6.07, 6.45) is 2.31. The normalized spacial score (nSPS) is 18.8. The van der Waals surface area contributed by atoms with Gasteiger partial charge in [-0.3, -0.25) is 0 Å². The highest BCUT2D eigenvalue weighted by Gasteiger charge is 2.33. The maximum Gasteiger partial charge on any atom is 0.250 e. The summed E-state index contributed by atoms with van der Waals surface area (Å²) in [5.74, 6) is -1.92. The highest BCUT2D eigenvalue weighted by Crippen LogP contribution is 2.39. The van der Waals surface area contributed by atoms with E-state index >= 15 is 0 Å². The molecule has 1 aliphatic carbocycles. The van der Waals surface area contributed by atoms with E-state index in [2.05, 4.69) is 37.5 Å². The van der Waals surface area contributed by atoms with Gasteiger partial charge in [0.15, 0.2) is 10.8 Å². The molecular formula is C22H23F2N7S2. The van der Waals surface area contributed by atoms with Crippen molar-refractivity contribution in [3.8, 4) is 0 Å². The number of aromatic nitrogens is 5. The Labute approximate surface area is 197 Å². The minimum atomic E-state index is -2.50. The average molecular weight is 488 g/mol. The van der Waals surface area contributed by atoms with Crippen LogP contribution in [0.3, 0.4) is 0 Å². The third-order valence-corrected chi connectivity index (χ3v) is 8.01. The van der Waals surface area contributed by atoms with Gasteiger partial charge in [-0.25, -0.2) is 13.8 Å². The minimum Gasteiger partial charge on any atom is -0.360 e. The molecule has 4 heterocycles. The van der Waals surface area contributed by atoms with Gasteiger partial charge in [0.05, 0.1) is 15.9 Å². The second-order valence-electron chi connectivity index (χ2n) is 8.66. The molecule has 6 rings (SSSR count). The third kappa shape index (κ3) is 4.67. The molecule has 0 amide bonds. The van der Waals surface area contributed by atoms with Crippen LogP contribution in [0.15, 0.2) is 40.4 Å². The number of thiazole rings is 1. The molecule has 172 valence electrons. The van der Waals surface area contributed by atoms with Crippen molar-refractivity contribution >= 4 is 44.1 Å². The number of nitrogens with zero attached hydrogens (tertiary/aromatic N) is 6.